The van der Waals surface area contributed by atoms with Gasteiger partial charge < -0.3 is 9.47 Å². The summed E-state index contributed by atoms with van der Waals surface area (Å²) in [5.74, 6) is 1.96. The minimum Gasteiger partial charge on any atom is -0.493 e. The number of halogens is 1. The normalized spacial score (nSPS) is 15.5. The highest BCUT2D eigenvalue weighted by atomic mass is 35.5. The van der Waals surface area contributed by atoms with Crippen LogP contribution in [0.4, 0.5) is 5.82 Å². The Balaban J connectivity index is 1.65. The van der Waals surface area contributed by atoms with Crippen molar-refractivity contribution in [3.8, 4) is 11.5 Å². The maximum atomic E-state index is 12.8. The highest BCUT2D eigenvalue weighted by Crippen LogP contribution is 2.45. The van der Waals surface area contributed by atoms with E-state index >= 15 is 0 Å². The van der Waals surface area contributed by atoms with Crippen molar-refractivity contribution in [2.45, 2.75) is 38.7 Å². The summed E-state index contributed by atoms with van der Waals surface area (Å²) in [5.41, 5.74) is 2.53. The van der Waals surface area contributed by atoms with Crippen molar-refractivity contribution >= 4 is 34.2 Å². The molecule has 31 heavy (non-hydrogen) atoms. The number of aromatic nitrogens is 2. The summed E-state index contributed by atoms with van der Waals surface area (Å²) in [5, 5.41) is 4.36. The van der Waals surface area contributed by atoms with Crippen molar-refractivity contribution in [2.75, 3.05) is 7.11 Å². The van der Waals surface area contributed by atoms with Crippen LogP contribution in [0.1, 0.15) is 48.8 Å². The number of nitrogens with one attached hydrogen (secondary N) is 1. The molecule has 4 rings (SSSR count). The number of methoxy groups -OCH3 is 1. The van der Waals surface area contributed by atoms with Gasteiger partial charge in [-0.1, -0.05) is 41.6 Å². The van der Waals surface area contributed by atoms with Crippen LogP contribution in [0.15, 0.2) is 52.3 Å². The molecule has 6 nitrogen and oxygen atoms in total. The summed E-state index contributed by atoms with van der Waals surface area (Å²) in [6.07, 6.45) is 0. The molecule has 2 heterocycles. The average molecular weight is 458 g/mol. The number of aromatic amines is 1. The van der Waals surface area contributed by atoms with Crippen LogP contribution in [0.2, 0.25) is 5.02 Å². The van der Waals surface area contributed by atoms with E-state index < -0.39 is 0 Å². The van der Waals surface area contributed by atoms with Crippen molar-refractivity contribution in [3.05, 3.63) is 74.5 Å². The molecule has 0 amide bonds. The lowest BCUT2D eigenvalue weighted by Crippen LogP contribution is -2.13. The summed E-state index contributed by atoms with van der Waals surface area (Å²) in [4.78, 5) is 17.4. The third-order valence-electron chi connectivity index (χ3n) is 5.06. The van der Waals surface area contributed by atoms with Crippen molar-refractivity contribution < 1.29 is 9.47 Å². The molecule has 8 heteroatoms. The topological polar surface area (TPSA) is 68.6 Å². The van der Waals surface area contributed by atoms with E-state index in [9.17, 15) is 4.79 Å². The minimum atomic E-state index is -0.171. The molecule has 0 saturated heterocycles. The molecule has 0 radical (unpaired) electrons. The maximum absolute atomic E-state index is 12.8. The van der Waals surface area contributed by atoms with Gasteiger partial charge in [0.05, 0.1) is 23.0 Å². The first-order chi connectivity index (χ1) is 14.9. The van der Waals surface area contributed by atoms with Gasteiger partial charge in [-0.3, -0.25) is 14.6 Å². The molecule has 2 aromatic carbocycles. The lowest BCUT2D eigenvalue weighted by Gasteiger charge is -2.22. The third-order valence-corrected chi connectivity index (χ3v) is 6.49. The molecular formula is C23H24ClN3O3S. The summed E-state index contributed by atoms with van der Waals surface area (Å²) in [7, 11) is 1.61. The number of hydrogen-bond donors (Lipinski definition) is 1. The number of ether oxygens (including phenoxy) is 2. The Labute approximate surface area is 190 Å². The van der Waals surface area contributed by atoms with Gasteiger partial charge in [0.2, 0.25) is 0 Å². The summed E-state index contributed by atoms with van der Waals surface area (Å²) in [6, 6.07) is 13.4. The molecule has 3 aromatic rings. The molecular weight excluding hydrogens is 434 g/mol. The highest BCUT2D eigenvalue weighted by Gasteiger charge is 2.31. The lowest BCUT2D eigenvalue weighted by atomic mass is 10.1. The van der Waals surface area contributed by atoms with Gasteiger partial charge in [0.1, 0.15) is 6.61 Å². The Morgan fingerprint density at radius 1 is 1.19 bits per heavy atom. The van der Waals surface area contributed by atoms with Gasteiger partial charge in [-0.25, -0.2) is 4.99 Å². The van der Waals surface area contributed by atoms with Gasteiger partial charge in [-0.05, 0) is 56.2 Å². The van der Waals surface area contributed by atoms with Crippen LogP contribution >= 0.6 is 23.4 Å². The fraction of sp³-hybridized carbons (Fsp3) is 0.304. The number of fused-ring (bicyclic) bond motifs is 1. The lowest BCUT2D eigenvalue weighted by molar-refractivity contribution is 0.284. The van der Waals surface area contributed by atoms with Crippen LogP contribution in [-0.2, 0) is 6.61 Å². The zero-order valence-electron chi connectivity index (χ0n) is 17.8. The SMILES string of the molecule is COc1cc(C2SC(C)=Nc3c2c(=O)[nH]n3C(C)C)ccc1OCc1ccc(Cl)cc1. The van der Waals surface area contributed by atoms with Crippen molar-refractivity contribution in [1.82, 2.24) is 9.78 Å². The Morgan fingerprint density at radius 2 is 1.94 bits per heavy atom. The Hall–Kier alpha value is -2.64. The van der Waals surface area contributed by atoms with Gasteiger partial charge in [0.15, 0.2) is 17.3 Å². The molecule has 162 valence electrons. The van der Waals surface area contributed by atoms with Crippen molar-refractivity contribution in [3.63, 3.8) is 0 Å². The van der Waals surface area contributed by atoms with Crippen LogP contribution in [0.25, 0.3) is 0 Å². The summed E-state index contributed by atoms with van der Waals surface area (Å²) < 4.78 is 13.4. The first kappa shape index (κ1) is 21.6. The molecule has 0 saturated carbocycles. The number of H-pyrrole nitrogens is 1. The molecule has 0 bridgehead atoms. The Bertz CT molecular complexity index is 1180. The number of benzene rings is 2. The van der Waals surface area contributed by atoms with Crippen LogP contribution in [-0.4, -0.2) is 21.9 Å². The summed E-state index contributed by atoms with van der Waals surface area (Å²) >= 11 is 7.51. The second kappa shape index (κ2) is 8.85. The number of nitrogens with zero attached hydrogens (tertiary/aromatic N) is 2. The van der Waals surface area contributed by atoms with Gasteiger partial charge >= 0.3 is 0 Å². The largest absolute Gasteiger partial charge is 0.493 e. The second-order valence-electron chi connectivity index (χ2n) is 7.60. The average Bonchev–Trinajstić information content (AvgIpc) is 3.09. The number of rotatable bonds is 6. The van der Waals surface area contributed by atoms with Gasteiger partial charge in [-0.15, -0.1) is 0 Å². The van der Waals surface area contributed by atoms with Crippen molar-refractivity contribution in [2.24, 2.45) is 4.99 Å². The van der Waals surface area contributed by atoms with E-state index in [0.717, 1.165) is 16.2 Å². The fourth-order valence-corrected chi connectivity index (χ4v) is 4.75. The predicted octanol–water partition coefficient (Wildman–Crippen LogP) is 5.88. The first-order valence-electron chi connectivity index (χ1n) is 9.99. The zero-order valence-corrected chi connectivity index (χ0v) is 19.4. The van der Waals surface area contributed by atoms with E-state index in [1.807, 2.05) is 67.9 Å². The smallest absolute Gasteiger partial charge is 0.271 e. The standard InChI is InChI=1S/C23H24ClN3O3S/c1-13(2)27-22-20(23(28)26-27)21(31-14(3)25-22)16-7-10-18(19(11-16)29-4)30-12-15-5-8-17(24)9-6-15/h5-11,13,21H,12H2,1-4H3,(H,26,28). The molecule has 1 aromatic heterocycles. The van der Waals surface area contributed by atoms with E-state index in [-0.39, 0.29) is 16.9 Å². The number of thioether (sulfide) groups is 1. The van der Waals surface area contributed by atoms with Crippen molar-refractivity contribution in [1.29, 1.82) is 0 Å². The van der Waals surface area contributed by atoms with E-state index in [0.29, 0.717) is 34.5 Å². The molecule has 1 aliphatic heterocycles. The molecule has 0 fully saturated rings. The monoisotopic (exact) mass is 457 g/mol. The zero-order chi connectivity index (χ0) is 22.1. The third kappa shape index (κ3) is 4.38. The predicted molar refractivity (Wildman–Crippen MR) is 126 cm³/mol. The van der Waals surface area contributed by atoms with E-state index in [1.165, 1.54) is 0 Å². The van der Waals surface area contributed by atoms with Crippen LogP contribution < -0.4 is 15.0 Å². The van der Waals surface area contributed by atoms with Gasteiger partial charge in [-0.2, -0.15) is 0 Å². The Kier molecular flexibility index (Phi) is 6.16. The van der Waals surface area contributed by atoms with Gasteiger partial charge in [0.25, 0.3) is 5.56 Å². The first-order valence-corrected chi connectivity index (χ1v) is 11.2. The quantitative estimate of drug-likeness (QED) is 0.501. The molecule has 1 N–H and O–H groups in total. The molecule has 1 unspecified atom stereocenters. The summed E-state index contributed by atoms with van der Waals surface area (Å²) in [6.45, 7) is 6.41. The Morgan fingerprint density at radius 3 is 2.61 bits per heavy atom. The van der Waals surface area contributed by atoms with Crippen LogP contribution in [0, 0.1) is 0 Å². The van der Waals surface area contributed by atoms with E-state index in [1.54, 1.807) is 18.9 Å². The second-order valence-corrected chi connectivity index (χ2v) is 9.33. The minimum absolute atomic E-state index is 0.106. The molecule has 0 spiro atoms. The van der Waals surface area contributed by atoms with E-state index in [4.69, 9.17) is 21.1 Å². The number of hydrogen-bond acceptors (Lipinski definition) is 5. The maximum Gasteiger partial charge on any atom is 0.271 e. The van der Waals surface area contributed by atoms with Crippen LogP contribution in [0.5, 0.6) is 11.5 Å². The fourth-order valence-electron chi connectivity index (χ4n) is 3.53. The molecule has 1 aliphatic rings. The highest BCUT2D eigenvalue weighted by molar-refractivity contribution is 8.14. The molecule has 1 atom stereocenters. The molecule has 0 aliphatic carbocycles. The van der Waals surface area contributed by atoms with E-state index in [2.05, 4.69) is 10.1 Å². The van der Waals surface area contributed by atoms with Crippen LogP contribution in [0.3, 0.4) is 0 Å². The van der Waals surface area contributed by atoms with Gasteiger partial charge in [0, 0.05) is 11.1 Å². The number of aliphatic imine (C=N–C) groups is 1.